The van der Waals surface area contributed by atoms with Crippen molar-refractivity contribution in [2.45, 2.75) is 5.41 Å². The van der Waals surface area contributed by atoms with E-state index in [4.69, 9.17) is 2.74 Å². The van der Waals surface area contributed by atoms with Gasteiger partial charge in [0.15, 0.2) is 0 Å². The molecular weight excluding hydrogens is 808 g/mol. The van der Waals surface area contributed by atoms with Gasteiger partial charge in [-0.15, -0.1) is 0 Å². The molecule has 4 heteroatoms. The summed E-state index contributed by atoms with van der Waals surface area (Å²) in [4.78, 5) is 0. The van der Waals surface area contributed by atoms with Gasteiger partial charge in [0.05, 0.1) is 0 Å². The molecule has 2 aliphatic rings. The van der Waals surface area contributed by atoms with Gasteiger partial charge in [0.1, 0.15) is 0 Å². The molecule has 8 aromatic carbocycles. The summed E-state index contributed by atoms with van der Waals surface area (Å²) in [6.07, 6.45) is 0. The molecule has 0 fully saturated rings. The minimum absolute atomic E-state index is 0.0705. The maximum atomic E-state index is 10.7. The summed E-state index contributed by atoms with van der Waals surface area (Å²) in [5.74, 6) is 0. The second-order valence-electron chi connectivity index (χ2n) is 12.8. The fourth-order valence-electron chi connectivity index (χ4n) is 7.72. The van der Waals surface area contributed by atoms with Crippen LogP contribution in [-0.4, -0.2) is 30.2 Å². The van der Waals surface area contributed by atoms with Crippen LogP contribution >= 0.6 is 11.0 Å². The van der Waals surface area contributed by atoms with E-state index in [0.29, 0.717) is 21.2 Å². The molecular formula is C49H34P2Se2. The Hall–Kier alpha value is -4.34. The van der Waals surface area contributed by atoms with E-state index in [1.165, 1.54) is 0 Å². The Labute approximate surface area is 346 Å². The molecule has 0 N–H and O–H groups in total. The zero-order valence-electron chi connectivity index (χ0n) is 41.8. The molecule has 0 bridgehead atoms. The number of benzene rings is 8. The zero-order valence-corrected chi connectivity index (χ0v) is 33.0. The fourth-order valence-corrected chi connectivity index (χ4v) is 16.9. The molecule has 0 radical (unpaired) electrons. The third kappa shape index (κ3) is 4.81. The average Bonchev–Trinajstić information content (AvgIpc) is 3.84. The Morgan fingerprint density at radius 3 is 0.981 bits per heavy atom. The molecule has 0 saturated heterocycles. The van der Waals surface area contributed by atoms with Crippen LogP contribution in [0.25, 0.3) is 22.3 Å². The summed E-state index contributed by atoms with van der Waals surface area (Å²) >= 11 is 6.78. The third-order valence-corrected chi connectivity index (χ3v) is 23.5. The van der Waals surface area contributed by atoms with E-state index in [0.717, 1.165) is 0 Å². The van der Waals surface area contributed by atoms with Crippen molar-refractivity contribution in [1.82, 2.24) is 0 Å². The Morgan fingerprint density at radius 1 is 0.340 bits per heavy atom. The molecule has 0 amide bonds. The van der Waals surface area contributed by atoms with Gasteiger partial charge in [0.2, 0.25) is 0 Å². The van der Waals surface area contributed by atoms with Crippen LogP contribution in [0.15, 0.2) is 206 Å². The molecule has 0 heterocycles. The molecule has 0 unspecified atom stereocenters. The Morgan fingerprint density at radius 2 is 0.642 bits per heavy atom. The summed E-state index contributed by atoms with van der Waals surface area (Å²) < 4.78 is 136. The number of rotatable bonds is 6. The third-order valence-electron chi connectivity index (χ3n) is 10.1. The summed E-state index contributed by atoms with van der Waals surface area (Å²) in [6, 6.07) is 29.1. The molecule has 2 aliphatic carbocycles. The van der Waals surface area contributed by atoms with Crippen molar-refractivity contribution in [3.8, 4) is 22.3 Å². The van der Waals surface area contributed by atoms with E-state index in [1.807, 2.05) is 121 Å². The normalized spacial score (nSPS) is 17.3. The van der Waals surface area contributed by atoms with Gasteiger partial charge in [0, 0.05) is 0 Å². The van der Waals surface area contributed by atoms with E-state index in [-0.39, 0.29) is 79.3 Å². The van der Waals surface area contributed by atoms with E-state index >= 15 is 0 Å². The van der Waals surface area contributed by atoms with Gasteiger partial charge in [-0.25, -0.2) is 0 Å². The first-order chi connectivity index (χ1) is 31.9. The van der Waals surface area contributed by atoms with Crippen LogP contribution in [0.2, 0.25) is 0 Å². The number of hydrogen-bond acceptors (Lipinski definition) is 0. The second kappa shape index (κ2) is 12.9. The van der Waals surface area contributed by atoms with E-state index < -0.39 is 76.9 Å². The van der Waals surface area contributed by atoms with E-state index in [2.05, 4.69) is 30.2 Å². The van der Waals surface area contributed by atoms with Crippen LogP contribution in [0.4, 0.5) is 0 Å². The molecule has 0 nitrogen and oxygen atoms in total. The van der Waals surface area contributed by atoms with E-state index in [9.17, 15) is 16.4 Å². The van der Waals surface area contributed by atoms with E-state index in [1.54, 1.807) is 0 Å². The van der Waals surface area contributed by atoms with Gasteiger partial charge < -0.3 is 0 Å². The maximum absolute atomic E-state index is 10.7. The molecule has 53 heavy (non-hydrogen) atoms. The van der Waals surface area contributed by atoms with Crippen molar-refractivity contribution in [3.63, 3.8) is 0 Å². The molecule has 252 valence electrons. The molecule has 1 spiro atoms. The first-order valence-corrected chi connectivity index (χ1v) is 24.9. The van der Waals surface area contributed by atoms with Crippen molar-refractivity contribution in [1.29, 1.82) is 0 Å². The average molecular weight is 857 g/mol. The van der Waals surface area contributed by atoms with Gasteiger partial charge in [-0.2, -0.15) is 0 Å². The summed E-state index contributed by atoms with van der Waals surface area (Å²) in [5, 5.41) is 2.93. The standard InChI is InChI=1S/C49H34P2Se2/c52-50(35-17-5-1-6-18-35,36-19-7-2-8-20-36)39-29-31-43-41-25-13-15-27-45(41)49(47(43)33-39)46-28-16-14-26-42(46)44-32-30-40(34-48(44)49)51(53,37-21-9-3-10-22-37)38-23-11-4-12-24-38/h1-34H/i13D,14D,15D,16D,25D,26D,27D,28D,29D,30D,31D,32D,33D,34D. The van der Waals surface area contributed by atoms with Gasteiger partial charge in [-0.05, 0) is 0 Å². The first kappa shape index (κ1) is 21.5. The van der Waals surface area contributed by atoms with Crippen molar-refractivity contribution in [2.75, 3.05) is 0 Å². The van der Waals surface area contributed by atoms with Crippen molar-refractivity contribution in [3.05, 3.63) is 228 Å². The topological polar surface area (TPSA) is 0 Å². The van der Waals surface area contributed by atoms with Crippen molar-refractivity contribution in [2.24, 2.45) is 0 Å². The Bertz CT molecular complexity index is 3250. The molecule has 0 saturated carbocycles. The monoisotopic (exact) mass is 858 g/mol. The summed E-state index contributed by atoms with van der Waals surface area (Å²) in [7, 11) is 0. The molecule has 0 aromatic heterocycles. The zero-order chi connectivity index (χ0) is 47.8. The predicted octanol–water partition coefficient (Wildman–Crippen LogP) is 8.78. The molecule has 0 aliphatic heterocycles. The number of fused-ring (bicyclic) bond motifs is 10. The Balaban J connectivity index is 1.52. The van der Waals surface area contributed by atoms with Gasteiger partial charge in [-0.3, -0.25) is 0 Å². The molecule has 8 aromatic rings. The van der Waals surface area contributed by atoms with Crippen LogP contribution in [0, 0.1) is 0 Å². The van der Waals surface area contributed by atoms with Crippen molar-refractivity contribution < 1.29 is 19.2 Å². The summed E-state index contributed by atoms with van der Waals surface area (Å²) in [5.41, 5.74) is -10.7. The summed E-state index contributed by atoms with van der Waals surface area (Å²) in [6.45, 7) is 0. The van der Waals surface area contributed by atoms with Crippen LogP contribution in [-0.2, 0) is 5.41 Å². The van der Waals surface area contributed by atoms with Crippen LogP contribution in [0.1, 0.15) is 41.4 Å². The van der Waals surface area contributed by atoms with Gasteiger partial charge in [0.25, 0.3) is 0 Å². The van der Waals surface area contributed by atoms with Crippen molar-refractivity contribution >= 4 is 73.0 Å². The Kier molecular flexibility index (Phi) is 5.24. The fraction of sp³-hybridized carbons (Fsp3) is 0.0204. The minimum atomic E-state index is -3.26. The first-order valence-electron chi connectivity index (χ1n) is 23.8. The quantitative estimate of drug-likeness (QED) is 0.116. The van der Waals surface area contributed by atoms with Gasteiger partial charge in [-0.1, -0.05) is 0 Å². The molecule has 10 rings (SSSR count). The van der Waals surface area contributed by atoms with Crippen LogP contribution < -0.4 is 31.8 Å². The molecule has 0 atom stereocenters. The SMILES string of the molecule is [2H]c1c([2H])c([2H])c2c(c1[2H])-c1c([2H])c([2H])c(P(=[Se])(c3ccccc3)c3ccccc3)c([2H])c1C21c2c([2H])c([2H])c([2H])c([2H])c2-c2c([2H])c([2H])c(P(=[Se])(c3ccccc3)c3ccccc3)c([2H])c21. The number of hydrogen-bond donors (Lipinski definition) is 0. The second-order valence-corrected chi connectivity index (χ2v) is 25.1. The van der Waals surface area contributed by atoms with Crippen LogP contribution in [0.5, 0.6) is 0 Å². The van der Waals surface area contributed by atoms with Crippen LogP contribution in [0.3, 0.4) is 0 Å². The van der Waals surface area contributed by atoms with Gasteiger partial charge >= 0.3 is 348 Å². The predicted molar refractivity (Wildman–Crippen MR) is 232 cm³/mol.